The Morgan fingerprint density at radius 2 is 1.83 bits per heavy atom. The van der Waals surface area contributed by atoms with E-state index in [9.17, 15) is 19.6 Å². The maximum Gasteiger partial charge on any atom is 0.448 e. The number of aliphatic hydroxyl groups is 1. The zero-order valence-corrected chi connectivity index (χ0v) is 12.9. The molecule has 0 radical (unpaired) electrons. The highest BCUT2D eigenvalue weighted by Crippen LogP contribution is 2.38. The molecule has 0 bridgehead atoms. The summed E-state index contributed by atoms with van der Waals surface area (Å²) in [7, 11) is -4.70. The van der Waals surface area contributed by atoms with Gasteiger partial charge in [0.25, 0.3) is 0 Å². The zero-order chi connectivity index (χ0) is 17.0. The first-order valence-corrected chi connectivity index (χ1v) is 8.36. The van der Waals surface area contributed by atoms with Gasteiger partial charge >= 0.3 is 7.75 Å². The minimum atomic E-state index is -4.70. The lowest BCUT2D eigenvalue weighted by Gasteiger charge is -2.18. The number of nitrogens with zero attached hydrogens (tertiary/aromatic N) is 1. The lowest BCUT2D eigenvalue weighted by Crippen LogP contribution is -2.27. The first-order valence-electron chi connectivity index (χ1n) is 6.80. The molecule has 122 valence electrons. The molecule has 1 unspecified atom stereocenters. The fraction of sp³-hybridized carbons (Fsp3) is 0.200. The van der Waals surface area contributed by atoms with Crippen molar-refractivity contribution in [1.29, 1.82) is 0 Å². The highest BCUT2D eigenvalue weighted by molar-refractivity contribution is 7.50. The number of carbonyl (C=O) groups is 1. The van der Waals surface area contributed by atoms with Gasteiger partial charge < -0.3 is 20.0 Å². The topological polar surface area (TPSA) is 127 Å². The smallest absolute Gasteiger partial charge is 0.448 e. The molecular formula is C15H16NO6P. The van der Waals surface area contributed by atoms with E-state index in [2.05, 4.69) is 4.76 Å². The summed E-state index contributed by atoms with van der Waals surface area (Å²) >= 11 is 0. The number of rotatable bonds is 5. The van der Waals surface area contributed by atoms with Gasteiger partial charge in [-0.05, 0) is 36.3 Å². The van der Waals surface area contributed by atoms with E-state index in [0.29, 0.717) is 6.42 Å². The van der Waals surface area contributed by atoms with Gasteiger partial charge in [0.15, 0.2) is 0 Å². The van der Waals surface area contributed by atoms with Gasteiger partial charge in [-0.25, -0.2) is 4.57 Å². The summed E-state index contributed by atoms with van der Waals surface area (Å²) in [6, 6.07) is 6.34. The number of carbonyl (C=O) groups excluding carboxylic acids is 1. The van der Waals surface area contributed by atoms with E-state index in [1.165, 1.54) is 30.4 Å². The summed E-state index contributed by atoms with van der Waals surface area (Å²) in [5.74, 6) is -1.75. The van der Waals surface area contributed by atoms with Crippen LogP contribution in [0.3, 0.4) is 0 Å². The monoisotopic (exact) mass is 337 g/mol. The molecule has 0 aromatic heterocycles. The van der Waals surface area contributed by atoms with E-state index >= 15 is 0 Å². The lowest BCUT2D eigenvalue weighted by atomic mass is 9.89. The van der Waals surface area contributed by atoms with E-state index in [-0.39, 0.29) is 23.6 Å². The van der Waals surface area contributed by atoms with Crippen LogP contribution in [0.4, 0.5) is 0 Å². The fourth-order valence-corrected chi connectivity index (χ4v) is 2.72. The number of aromatic hydroxyl groups is 1. The predicted molar refractivity (Wildman–Crippen MR) is 84.3 cm³/mol. The summed E-state index contributed by atoms with van der Waals surface area (Å²) in [4.78, 5) is 30.2. The highest BCUT2D eigenvalue weighted by atomic mass is 31.2. The number of phenols is 1. The Labute approximate surface area is 132 Å². The van der Waals surface area contributed by atoms with Crippen LogP contribution < -0.4 is 0 Å². The van der Waals surface area contributed by atoms with E-state index in [1.807, 2.05) is 0 Å². The number of aliphatic hydroxyl groups excluding tert-OH is 1. The first-order chi connectivity index (χ1) is 10.8. The van der Waals surface area contributed by atoms with Gasteiger partial charge in [0.1, 0.15) is 23.2 Å². The van der Waals surface area contributed by atoms with Gasteiger partial charge in [0.05, 0.1) is 5.71 Å². The van der Waals surface area contributed by atoms with Gasteiger partial charge in [0, 0.05) is 6.42 Å². The molecule has 23 heavy (non-hydrogen) atoms. The van der Waals surface area contributed by atoms with Crippen molar-refractivity contribution in [2.75, 3.05) is 0 Å². The first kappa shape index (κ1) is 17.1. The van der Waals surface area contributed by atoms with Gasteiger partial charge in [-0.15, -0.1) is 0 Å². The molecule has 1 atom stereocenters. The third-order valence-electron chi connectivity index (χ3n) is 3.29. The fourth-order valence-electron chi connectivity index (χ4n) is 2.24. The Kier molecular flexibility index (Phi) is 5.15. The molecule has 0 saturated heterocycles. The van der Waals surface area contributed by atoms with Crippen molar-refractivity contribution in [3.8, 4) is 5.75 Å². The van der Waals surface area contributed by atoms with Crippen LogP contribution in [0, 0.1) is 5.92 Å². The zero-order valence-electron chi connectivity index (χ0n) is 12.0. The van der Waals surface area contributed by atoms with Crippen molar-refractivity contribution < 1.29 is 29.4 Å². The number of hydrogen-bond acceptors (Lipinski definition) is 4. The van der Waals surface area contributed by atoms with Gasteiger partial charge in [-0.3, -0.25) is 4.79 Å². The predicted octanol–water partition coefficient (Wildman–Crippen LogP) is 2.06. The maximum atomic E-state index is 12.3. The quantitative estimate of drug-likeness (QED) is 0.609. The van der Waals surface area contributed by atoms with Crippen molar-refractivity contribution in [1.82, 2.24) is 0 Å². The van der Waals surface area contributed by atoms with E-state index in [4.69, 9.17) is 9.79 Å². The molecule has 0 heterocycles. The molecule has 0 spiro atoms. The van der Waals surface area contributed by atoms with Crippen molar-refractivity contribution in [2.24, 2.45) is 10.7 Å². The van der Waals surface area contributed by atoms with Crippen molar-refractivity contribution in [3.63, 3.8) is 0 Å². The number of aryl methyl sites for hydroxylation is 1. The molecule has 1 aromatic rings. The Balaban J connectivity index is 2.13. The average Bonchev–Trinajstić information content (AvgIpc) is 2.45. The molecule has 2 rings (SSSR count). The lowest BCUT2D eigenvalue weighted by molar-refractivity contribution is -0.120. The van der Waals surface area contributed by atoms with Gasteiger partial charge in [-0.1, -0.05) is 18.2 Å². The molecule has 0 amide bonds. The molecule has 4 N–H and O–H groups in total. The second-order valence-corrected chi connectivity index (χ2v) is 6.28. The van der Waals surface area contributed by atoms with Crippen LogP contribution in [0.2, 0.25) is 0 Å². The van der Waals surface area contributed by atoms with Crippen LogP contribution in [0.15, 0.2) is 53.0 Å². The normalized spacial score (nSPS) is 19.7. The molecule has 8 heteroatoms. The van der Waals surface area contributed by atoms with E-state index in [0.717, 1.165) is 5.56 Å². The molecule has 0 saturated carbocycles. The number of benzene rings is 1. The summed E-state index contributed by atoms with van der Waals surface area (Å²) < 4.78 is 14.3. The van der Waals surface area contributed by atoms with Gasteiger partial charge in [0.2, 0.25) is 0 Å². The molecule has 1 aromatic carbocycles. The second-order valence-electron chi connectivity index (χ2n) is 5.05. The number of phenolic OH excluding ortho intramolecular Hbond substituents is 1. The molecule has 0 aliphatic heterocycles. The number of allylic oxidation sites excluding steroid dienone is 4. The summed E-state index contributed by atoms with van der Waals surface area (Å²) in [5.41, 5.74) is 0.661. The van der Waals surface area contributed by atoms with Crippen LogP contribution in [0.5, 0.6) is 5.75 Å². The van der Waals surface area contributed by atoms with Crippen LogP contribution in [0.25, 0.3) is 0 Å². The minimum absolute atomic E-state index is 0.0569. The Morgan fingerprint density at radius 3 is 2.43 bits per heavy atom. The third kappa shape index (κ3) is 4.89. The molecule has 0 fully saturated rings. The minimum Gasteiger partial charge on any atom is -0.511 e. The molecule has 7 nitrogen and oxygen atoms in total. The van der Waals surface area contributed by atoms with Gasteiger partial charge in [-0.2, -0.15) is 4.76 Å². The third-order valence-corrected chi connectivity index (χ3v) is 3.78. The highest BCUT2D eigenvalue weighted by Gasteiger charge is 2.30. The number of hydrogen-bond donors (Lipinski definition) is 4. The standard InChI is InChI=1S/C15H16NO6P/c17-11-7-4-10(5-8-11)6-9-14(19)15-12(16-23(20,21)22)2-1-3-13(15)18/h1-5,7-8,15,17-18H,6,9H2,(H2,20,21,22)/b16-12+. The second kappa shape index (κ2) is 6.91. The van der Waals surface area contributed by atoms with E-state index < -0.39 is 19.4 Å². The molecular weight excluding hydrogens is 321 g/mol. The van der Waals surface area contributed by atoms with Crippen LogP contribution >= 0.6 is 7.75 Å². The van der Waals surface area contributed by atoms with Crippen LogP contribution in [-0.2, 0) is 15.8 Å². The van der Waals surface area contributed by atoms with Crippen molar-refractivity contribution >= 4 is 19.2 Å². The van der Waals surface area contributed by atoms with Crippen molar-refractivity contribution in [3.05, 3.63) is 53.8 Å². The maximum absolute atomic E-state index is 12.3. The average molecular weight is 337 g/mol. The van der Waals surface area contributed by atoms with Crippen LogP contribution in [-0.4, -0.2) is 31.5 Å². The SMILES string of the molecule is O=C(CCc1ccc(O)cc1)C1C(O)=CC=C/C1=N\P(=O)(O)O. The Morgan fingerprint density at radius 1 is 1.17 bits per heavy atom. The van der Waals surface area contributed by atoms with Crippen LogP contribution in [0.1, 0.15) is 12.0 Å². The van der Waals surface area contributed by atoms with Crippen molar-refractivity contribution in [2.45, 2.75) is 12.8 Å². The summed E-state index contributed by atoms with van der Waals surface area (Å²) in [6.07, 6.45) is 4.38. The largest absolute Gasteiger partial charge is 0.511 e. The van der Waals surface area contributed by atoms with E-state index in [1.54, 1.807) is 12.1 Å². The Hall–Kier alpha value is -2.21. The number of ketones is 1. The molecule has 1 aliphatic rings. The Bertz CT molecular complexity index is 729. The summed E-state index contributed by atoms with van der Waals surface area (Å²) in [6.45, 7) is 0. The molecule has 1 aliphatic carbocycles. The number of Topliss-reactive ketones (excluding diaryl/α,β-unsaturated/α-hetero) is 1. The summed E-state index contributed by atoms with van der Waals surface area (Å²) in [5, 5.41) is 19.1.